The van der Waals surface area contributed by atoms with Crippen molar-refractivity contribution in [2.75, 3.05) is 18.1 Å². The number of aliphatic hydroxyl groups is 1. The summed E-state index contributed by atoms with van der Waals surface area (Å²) < 4.78 is 0. The van der Waals surface area contributed by atoms with Crippen molar-refractivity contribution >= 4 is 17.0 Å². The van der Waals surface area contributed by atoms with Crippen LogP contribution in [0.15, 0.2) is 35.7 Å². The number of benzene rings is 1. The zero-order valence-corrected chi connectivity index (χ0v) is 12.7. The molecule has 0 fully saturated rings. The summed E-state index contributed by atoms with van der Waals surface area (Å²) >= 11 is 1.72. The Morgan fingerprint density at radius 3 is 2.85 bits per heavy atom. The number of aryl methyl sites for hydroxylation is 1. The van der Waals surface area contributed by atoms with Crippen LogP contribution in [0.3, 0.4) is 0 Å². The Hall–Kier alpha value is -1.76. The second kappa shape index (κ2) is 7.14. The van der Waals surface area contributed by atoms with Crippen molar-refractivity contribution in [2.24, 2.45) is 0 Å². The fourth-order valence-electron chi connectivity index (χ4n) is 2.07. The second-order valence-electron chi connectivity index (χ2n) is 4.61. The van der Waals surface area contributed by atoms with E-state index in [2.05, 4.69) is 60.9 Å². The van der Waals surface area contributed by atoms with Gasteiger partial charge in [0.2, 0.25) is 0 Å². The highest BCUT2D eigenvalue weighted by atomic mass is 32.1. The van der Waals surface area contributed by atoms with Crippen molar-refractivity contribution in [3.8, 4) is 11.8 Å². The molecule has 1 aromatic carbocycles. The molecule has 1 heterocycles. The standard InChI is InChI=1S/C17H19NOS/c1-3-18(16-8-4-6-14(2)10-16)12-17-11-15(13-20-17)7-5-9-19/h4,6,8,10-11,13,19H,3,9,12H2,1-2H3. The molecule has 0 atom stereocenters. The van der Waals surface area contributed by atoms with E-state index in [0.717, 1.165) is 18.7 Å². The summed E-state index contributed by atoms with van der Waals surface area (Å²) in [5.41, 5.74) is 3.52. The summed E-state index contributed by atoms with van der Waals surface area (Å²) in [5.74, 6) is 5.63. The molecular formula is C17H19NOS. The van der Waals surface area contributed by atoms with Crippen LogP contribution in [0, 0.1) is 18.8 Å². The zero-order chi connectivity index (χ0) is 14.4. The fourth-order valence-corrected chi connectivity index (χ4v) is 2.90. The molecule has 20 heavy (non-hydrogen) atoms. The normalized spacial score (nSPS) is 9.95. The summed E-state index contributed by atoms with van der Waals surface area (Å²) in [4.78, 5) is 3.64. The lowest BCUT2D eigenvalue weighted by Gasteiger charge is -2.22. The first-order valence-electron chi connectivity index (χ1n) is 6.71. The van der Waals surface area contributed by atoms with E-state index in [4.69, 9.17) is 5.11 Å². The lowest BCUT2D eigenvalue weighted by molar-refractivity contribution is 0.350. The Bertz CT molecular complexity index is 621. The minimum atomic E-state index is -0.0877. The number of nitrogens with zero attached hydrogens (tertiary/aromatic N) is 1. The highest BCUT2D eigenvalue weighted by Crippen LogP contribution is 2.21. The van der Waals surface area contributed by atoms with Crippen molar-refractivity contribution in [1.29, 1.82) is 0 Å². The van der Waals surface area contributed by atoms with Gasteiger partial charge >= 0.3 is 0 Å². The van der Waals surface area contributed by atoms with Crippen molar-refractivity contribution in [1.82, 2.24) is 0 Å². The van der Waals surface area contributed by atoms with Gasteiger partial charge in [-0.15, -0.1) is 11.3 Å². The molecule has 0 aliphatic carbocycles. The van der Waals surface area contributed by atoms with Gasteiger partial charge in [-0.25, -0.2) is 0 Å². The molecule has 0 radical (unpaired) electrons. The van der Waals surface area contributed by atoms with Crippen LogP contribution >= 0.6 is 11.3 Å². The predicted molar refractivity (Wildman–Crippen MR) is 86.2 cm³/mol. The first kappa shape index (κ1) is 14.6. The van der Waals surface area contributed by atoms with Gasteiger partial charge in [0.1, 0.15) is 6.61 Å². The number of hydrogen-bond donors (Lipinski definition) is 1. The lowest BCUT2D eigenvalue weighted by Crippen LogP contribution is -2.21. The first-order valence-corrected chi connectivity index (χ1v) is 7.59. The van der Waals surface area contributed by atoms with Crippen LogP contribution < -0.4 is 4.90 Å². The molecule has 0 aliphatic rings. The van der Waals surface area contributed by atoms with E-state index < -0.39 is 0 Å². The van der Waals surface area contributed by atoms with Crippen molar-refractivity contribution < 1.29 is 5.11 Å². The summed E-state index contributed by atoms with van der Waals surface area (Å²) in [6.45, 7) is 6.06. The van der Waals surface area contributed by atoms with Gasteiger partial charge in [-0.05, 0) is 37.6 Å². The minimum absolute atomic E-state index is 0.0877. The molecule has 0 unspecified atom stereocenters. The number of thiophene rings is 1. The molecule has 104 valence electrons. The summed E-state index contributed by atoms with van der Waals surface area (Å²) in [7, 11) is 0. The minimum Gasteiger partial charge on any atom is -0.384 e. The van der Waals surface area contributed by atoms with Crippen LogP contribution in [0.4, 0.5) is 5.69 Å². The van der Waals surface area contributed by atoms with Crippen LogP contribution in [0.25, 0.3) is 0 Å². The monoisotopic (exact) mass is 285 g/mol. The van der Waals surface area contributed by atoms with Crippen LogP contribution in [0.5, 0.6) is 0 Å². The molecule has 1 N–H and O–H groups in total. The molecule has 3 heteroatoms. The average molecular weight is 285 g/mol. The van der Waals surface area contributed by atoms with Gasteiger partial charge in [0.15, 0.2) is 0 Å². The summed E-state index contributed by atoms with van der Waals surface area (Å²) in [6, 6.07) is 10.7. The van der Waals surface area contributed by atoms with E-state index in [1.54, 1.807) is 11.3 Å². The van der Waals surface area contributed by atoms with Crippen LogP contribution in [-0.4, -0.2) is 18.3 Å². The average Bonchev–Trinajstić information content (AvgIpc) is 2.90. The molecule has 0 amide bonds. The molecule has 0 saturated carbocycles. The Kier molecular flexibility index (Phi) is 5.23. The largest absolute Gasteiger partial charge is 0.384 e. The molecule has 2 aromatic rings. The third-order valence-corrected chi connectivity index (χ3v) is 3.98. The highest BCUT2D eigenvalue weighted by Gasteiger charge is 2.07. The number of rotatable bonds is 4. The smallest absolute Gasteiger partial charge is 0.104 e. The van der Waals surface area contributed by atoms with Gasteiger partial charge in [0, 0.05) is 28.1 Å². The van der Waals surface area contributed by atoms with E-state index in [9.17, 15) is 0 Å². The van der Waals surface area contributed by atoms with E-state index in [0.29, 0.717) is 0 Å². The molecule has 2 rings (SSSR count). The highest BCUT2D eigenvalue weighted by molar-refractivity contribution is 7.10. The molecule has 0 aliphatic heterocycles. The number of hydrogen-bond acceptors (Lipinski definition) is 3. The Morgan fingerprint density at radius 1 is 1.30 bits per heavy atom. The van der Waals surface area contributed by atoms with Gasteiger partial charge in [0.05, 0.1) is 6.54 Å². The fraction of sp³-hybridized carbons (Fsp3) is 0.294. The Balaban J connectivity index is 2.12. The first-order chi connectivity index (χ1) is 9.72. The quantitative estimate of drug-likeness (QED) is 0.870. The third kappa shape index (κ3) is 3.86. The van der Waals surface area contributed by atoms with Crippen molar-refractivity contribution in [2.45, 2.75) is 20.4 Å². The maximum atomic E-state index is 8.71. The van der Waals surface area contributed by atoms with E-state index >= 15 is 0 Å². The van der Waals surface area contributed by atoms with Gasteiger partial charge < -0.3 is 10.0 Å². The summed E-state index contributed by atoms with van der Waals surface area (Å²) in [5, 5.41) is 10.8. The van der Waals surface area contributed by atoms with Gasteiger partial charge in [-0.3, -0.25) is 0 Å². The van der Waals surface area contributed by atoms with E-state index in [1.807, 2.05) is 5.38 Å². The molecule has 1 aromatic heterocycles. The van der Waals surface area contributed by atoms with E-state index in [1.165, 1.54) is 16.1 Å². The lowest BCUT2D eigenvalue weighted by atomic mass is 10.2. The van der Waals surface area contributed by atoms with Gasteiger partial charge in [-0.2, -0.15) is 0 Å². The molecule has 0 spiro atoms. The number of anilines is 1. The number of aliphatic hydroxyl groups excluding tert-OH is 1. The van der Waals surface area contributed by atoms with Crippen LogP contribution in [-0.2, 0) is 6.54 Å². The SMILES string of the molecule is CCN(Cc1cc(C#CCO)cs1)c1cccc(C)c1. The predicted octanol–water partition coefficient (Wildman–Crippen LogP) is 3.43. The van der Waals surface area contributed by atoms with Crippen molar-refractivity contribution in [3.05, 3.63) is 51.7 Å². The summed E-state index contributed by atoms with van der Waals surface area (Å²) in [6.07, 6.45) is 0. The third-order valence-electron chi connectivity index (χ3n) is 3.06. The van der Waals surface area contributed by atoms with E-state index in [-0.39, 0.29) is 6.61 Å². The molecule has 0 bridgehead atoms. The Labute approximate surface area is 124 Å². The Morgan fingerprint density at radius 2 is 2.15 bits per heavy atom. The van der Waals surface area contributed by atoms with Crippen LogP contribution in [0.2, 0.25) is 0 Å². The van der Waals surface area contributed by atoms with Crippen molar-refractivity contribution in [3.63, 3.8) is 0 Å². The van der Waals surface area contributed by atoms with Gasteiger partial charge in [0.25, 0.3) is 0 Å². The molecular weight excluding hydrogens is 266 g/mol. The van der Waals surface area contributed by atoms with Crippen LogP contribution in [0.1, 0.15) is 22.9 Å². The van der Waals surface area contributed by atoms with Gasteiger partial charge in [-0.1, -0.05) is 24.0 Å². The second-order valence-corrected chi connectivity index (χ2v) is 5.61. The molecule has 2 nitrogen and oxygen atoms in total. The topological polar surface area (TPSA) is 23.5 Å². The molecule has 0 saturated heterocycles. The maximum Gasteiger partial charge on any atom is 0.104 e. The maximum absolute atomic E-state index is 8.71. The zero-order valence-electron chi connectivity index (χ0n) is 11.9.